The number of hydrogen-bond acceptors (Lipinski definition) is 2. The molecular weight excluding hydrogens is 237 g/mol. The predicted molar refractivity (Wildman–Crippen MR) is 60.4 cm³/mol. The average Bonchev–Trinajstić information content (AvgIpc) is 2.18. The summed E-state index contributed by atoms with van der Waals surface area (Å²) in [6.45, 7) is 1.71. The monoisotopic (exact) mass is 247 g/mol. The van der Waals surface area contributed by atoms with Crippen LogP contribution >= 0.6 is 23.2 Å². The number of phenols is 1. The van der Waals surface area contributed by atoms with Crippen molar-refractivity contribution in [1.29, 1.82) is 0 Å². The van der Waals surface area contributed by atoms with Gasteiger partial charge in [-0.2, -0.15) is 0 Å². The Morgan fingerprint density at radius 2 is 2.13 bits per heavy atom. The van der Waals surface area contributed by atoms with Gasteiger partial charge in [-0.05, 0) is 30.5 Å². The first-order valence-electron chi connectivity index (χ1n) is 4.38. The molecule has 0 aromatic heterocycles. The molecule has 0 radical (unpaired) electrons. The molecule has 0 aliphatic rings. The molecule has 1 aromatic rings. The summed E-state index contributed by atoms with van der Waals surface area (Å²) in [6, 6.07) is 1.60. The highest BCUT2D eigenvalue weighted by Crippen LogP contribution is 2.35. The number of nitrogens with two attached hydrogens (primary N) is 1. The summed E-state index contributed by atoms with van der Waals surface area (Å²) >= 11 is 11.7. The van der Waals surface area contributed by atoms with Crippen LogP contribution in [-0.2, 0) is 11.2 Å². The summed E-state index contributed by atoms with van der Waals surface area (Å²) in [5.41, 5.74) is 6.17. The Morgan fingerprint density at radius 1 is 1.53 bits per heavy atom. The second kappa shape index (κ2) is 4.73. The molecule has 82 valence electrons. The van der Waals surface area contributed by atoms with E-state index in [1.807, 2.05) is 0 Å². The molecule has 0 fully saturated rings. The first-order valence-corrected chi connectivity index (χ1v) is 5.13. The van der Waals surface area contributed by atoms with Gasteiger partial charge in [-0.15, -0.1) is 0 Å². The summed E-state index contributed by atoms with van der Waals surface area (Å²) in [5.74, 6) is -0.456. The number of carbonyl (C=O) groups is 1. The van der Waals surface area contributed by atoms with E-state index in [4.69, 9.17) is 28.9 Å². The van der Waals surface area contributed by atoms with Gasteiger partial charge in [-0.25, -0.2) is 0 Å². The average molecular weight is 248 g/mol. The smallest absolute Gasteiger partial charge is 0.217 e. The van der Waals surface area contributed by atoms with Crippen LogP contribution in [-0.4, -0.2) is 11.0 Å². The van der Waals surface area contributed by atoms with Gasteiger partial charge >= 0.3 is 0 Å². The second-order valence-corrected chi connectivity index (χ2v) is 4.06. The minimum Gasteiger partial charge on any atom is -0.506 e. The largest absolute Gasteiger partial charge is 0.506 e. The highest BCUT2D eigenvalue weighted by atomic mass is 35.5. The first kappa shape index (κ1) is 12.1. The third kappa shape index (κ3) is 2.76. The lowest BCUT2D eigenvalue weighted by Crippen LogP contribution is -2.11. The molecule has 0 atom stereocenters. The van der Waals surface area contributed by atoms with Crippen LogP contribution < -0.4 is 5.73 Å². The molecule has 0 unspecified atom stereocenters. The molecule has 0 saturated heterocycles. The lowest BCUT2D eigenvalue weighted by Gasteiger charge is -2.09. The van der Waals surface area contributed by atoms with E-state index in [1.54, 1.807) is 13.0 Å². The van der Waals surface area contributed by atoms with Gasteiger partial charge in [0.15, 0.2) is 0 Å². The summed E-state index contributed by atoms with van der Waals surface area (Å²) < 4.78 is 0. The van der Waals surface area contributed by atoms with Crippen molar-refractivity contribution in [2.45, 2.75) is 19.8 Å². The van der Waals surface area contributed by atoms with Gasteiger partial charge in [0.2, 0.25) is 5.91 Å². The van der Waals surface area contributed by atoms with Crippen LogP contribution in [0.1, 0.15) is 17.5 Å². The summed E-state index contributed by atoms with van der Waals surface area (Å²) in [5, 5.41) is 10.4. The zero-order valence-corrected chi connectivity index (χ0v) is 9.69. The number of primary amides is 1. The number of phenolic OH excluding ortho intramolecular Hbond substituents is 1. The molecule has 0 bridgehead atoms. The fourth-order valence-electron chi connectivity index (χ4n) is 1.20. The first-order chi connectivity index (χ1) is 6.93. The Kier molecular flexibility index (Phi) is 3.83. The van der Waals surface area contributed by atoms with Crippen molar-refractivity contribution in [2.75, 3.05) is 0 Å². The fraction of sp³-hybridized carbons (Fsp3) is 0.300. The third-order valence-corrected chi connectivity index (χ3v) is 3.00. The Bertz CT molecular complexity index is 405. The number of carbonyl (C=O) groups excluding carboxylic acids is 1. The van der Waals surface area contributed by atoms with E-state index >= 15 is 0 Å². The van der Waals surface area contributed by atoms with Gasteiger partial charge in [0.25, 0.3) is 0 Å². The molecule has 3 nitrogen and oxygen atoms in total. The van der Waals surface area contributed by atoms with Crippen LogP contribution in [0.5, 0.6) is 5.75 Å². The van der Waals surface area contributed by atoms with E-state index in [1.165, 1.54) is 0 Å². The molecule has 0 aliphatic carbocycles. The second-order valence-electron chi connectivity index (χ2n) is 3.27. The van der Waals surface area contributed by atoms with E-state index in [0.717, 1.165) is 0 Å². The van der Waals surface area contributed by atoms with Crippen LogP contribution in [0.25, 0.3) is 0 Å². The van der Waals surface area contributed by atoms with Crippen LogP contribution in [0.3, 0.4) is 0 Å². The number of aryl methyl sites for hydroxylation is 1. The summed E-state index contributed by atoms with van der Waals surface area (Å²) in [6.07, 6.45) is 0.490. The predicted octanol–water partition coefficient (Wildman–Crippen LogP) is 2.43. The van der Waals surface area contributed by atoms with Gasteiger partial charge in [0.05, 0.1) is 5.02 Å². The maximum Gasteiger partial charge on any atom is 0.217 e. The Labute approximate surface area is 97.8 Å². The van der Waals surface area contributed by atoms with Gasteiger partial charge in [0.1, 0.15) is 5.75 Å². The van der Waals surface area contributed by atoms with Crippen LogP contribution in [0.2, 0.25) is 10.0 Å². The molecule has 0 aliphatic heterocycles. The molecule has 1 amide bonds. The highest BCUT2D eigenvalue weighted by molar-refractivity contribution is 6.37. The molecule has 1 rings (SSSR count). The molecule has 0 spiro atoms. The Balaban J connectivity index is 3.04. The topological polar surface area (TPSA) is 63.3 Å². The normalized spacial score (nSPS) is 10.3. The molecule has 15 heavy (non-hydrogen) atoms. The van der Waals surface area contributed by atoms with Gasteiger partial charge in [0, 0.05) is 11.4 Å². The number of rotatable bonds is 3. The van der Waals surface area contributed by atoms with Gasteiger partial charge < -0.3 is 10.8 Å². The molecule has 3 N–H and O–H groups in total. The quantitative estimate of drug-likeness (QED) is 0.862. The summed E-state index contributed by atoms with van der Waals surface area (Å²) in [7, 11) is 0. The van der Waals surface area contributed by atoms with Gasteiger partial charge in [-0.3, -0.25) is 4.79 Å². The number of halogens is 2. The van der Waals surface area contributed by atoms with Gasteiger partial charge in [-0.1, -0.05) is 23.2 Å². The van der Waals surface area contributed by atoms with Crippen LogP contribution in [0.15, 0.2) is 6.07 Å². The van der Waals surface area contributed by atoms with Crippen molar-refractivity contribution in [3.8, 4) is 5.75 Å². The number of aromatic hydroxyl groups is 1. The van der Waals surface area contributed by atoms with Crippen molar-refractivity contribution in [3.05, 3.63) is 27.2 Å². The SMILES string of the molecule is Cc1c(Cl)cc(CCC(N)=O)c(O)c1Cl. The third-order valence-electron chi connectivity index (χ3n) is 2.14. The van der Waals surface area contributed by atoms with Crippen molar-refractivity contribution in [2.24, 2.45) is 5.73 Å². The standard InChI is InChI=1S/C10H11Cl2NO2/c1-5-7(11)4-6(2-3-8(13)14)10(15)9(5)12/h4,15H,2-3H2,1H3,(H2,13,14). The molecular formula is C10H11Cl2NO2. The number of benzene rings is 1. The summed E-state index contributed by atoms with van der Waals surface area (Å²) in [4.78, 5) is 10.6. The minimum atomic E-state index is -0.429. The van der Waals surface area contributed by atoms with Crippen LogP contribution in [0, 0.1) is 6.92 Å². The van der Waals surface area contributed by atoms with E-state index in [-0.39, 0.29) is 17.2 Å². The zero-order valence-electron chi connectivity index (χ0n) is 8.18. The molecule has 5 heteroatoms. The van der Waals surface area contributed by atoms with E-state index in [9.17, 15) is 9.90 Å². The van der Waals surface area contributed by atoms with Crippen molar-refractivity contribution in [3.63, 3.8) is 0 Å². The van der Waals surface area contributed by atoms with E-state index < -0.39 is 5.91 Å². The Morgan fingerprint density at radius 3 is 2.67 bits per heavy atom. The number of hydrogen-bond donors (Lipinski definition) is 2. The maximum absolute atomic E-state index is 10.6. The fourth-order valence-corrected chi connectivity index (χ4v) is 1.70. The van der Waals surface area contributed by atoms with Crippen molar-refractivity contribution < 1.29 is 9.90 Å². The Hall–Kier alpha value is -0.930. The maximum atomic E-state index is 10.6. The molecule has 0 saturated carbocycles. The van der Waals surface area contributed by atoms with E-state index in [0.29, 0.717) is 22.6 Å². The van der Waals surface area contributed by atoms with Crippen molar-refractivity contribution in [1.82, 2.24) is 0 Å². The van der Waals surface area contributed by atoms with Crippen molar-refractivity contribution >= 4 is 29.1 Å². The zero-order chi connectivity index (χ0) is 11.6. The highest BCUT2D eigenvalue weighted by Gasteiger charge is 2.12. The van der Waals surface area contributed by atoms with E-state index in [2.05, 4.69) is 0 Å². The number of amides is 1. The lowest BCUT2D eigenvalue weighted by atomic mass is 10.1. The lowest BCUT2D eigenvalue weighted by molar-refractivity contribution is -0.117. The molecule has 0 heterocycles. The molecule has 1 aromatic carbocycles. The minimum absolute atomic E-state index is 0.0279. The van der Waals surface area contributed by atoms with Crippen LogP contribution in [0.4, 0.5) is 0 Å².